The summed E-state index contributed by atoms with van der Waals surface area (Å²) in [5, 5.41) is 3.14. The highest BCUT2D eigenvalue weighted by molar-refractivity contribution is 6.11. The molecule has 2 heterocycles. The maximum Gasteiger partial charge on any atom is 0.356 e. The topological polar surface area (TPSA) is 77.7 Å². The number of nitrogens with zero attached hydrogens (tertiary/aromatic N) is 2. The maximum atomic E-state index is 14.0. The van der Waals surface area contributed by atoms with Gasteiger partial charge in [0.05, 0.1) is 24.5 Å². The van der Waals surface area contributed by atoms with Gasteiger partial charge in [0.25, 0.3) is 0 Å². The summed E-state index contributed by atoms with van der Waals surface area (Å²) in [4.78, 5) is 31.9. The molecule has 2 aromatic carbocycles. The molecule has 0 radical (unpaired) electrons. The lowest BCUT2D eigenvalue weighted by molar-refractivity contribution is -0.117. The van der Waals surface area contributed by atoms with Crippen LogP contribution >= 0.6 is 0 Å². The second-order valence-corrected chi connectivity index (χ2v) is 7.55. The minimum absolute atomic E-state index is 0.0742. The van der Waals surface area contributed by atoms with Crippen molar-refractivity contribution in [3.63, 3.8) is 0 Å². The number of rotatable bonds is 6. The zero-order chi connectivity index (χ0) is 22.7. The van der Waals surface area contributed by atoms with Crippen LogP contribution in [0.25, 0.3) is 10.9 Å². The lowest BCUT2D eigenvalue weighted by atomic mass is 10.2. The van der Waals surface area contributed by atoms with Gasteiger partial charge < -0.3 is 19.9 Å². The molecule has 32 heavy (non-hydrogen) atoms. The summed E-state index contributed by atoms with van der Waals surface area (Å²) >= 11 is 0. The number of carbonyl (C=O) groups is 2. The first-order chi connectivity index (χ1) is 15.5. The molecule has 7 nitrogen and oxygen atoms in total. The Kier molecular flexibility index (Phi) is 6.36. The van der Waals surface area contributed by atoms with Crippen LogP contribution in [0.1, 0.15) is 17.4 Å². The van der Waals surface area contributed by atoms with Crippen molar-refractivity contribution in [3.8, 4) is 0 Å². The van der Waals surface area contributed by atoms with E-state index in [0.29, 0.717) is 42.8 Å². The van der Waals surface area contributed by atoms with Crippen LogP contribution in [-0.4, -0.2) is 61.1 Å². The molecule has 1 aliphatic rings. The third-order valence-electron chi connectivity index (χ3n) is 5.44. The van der Waals surface area contributed by atoms with Crippen molar-refractivity contribution in [3.05, 3.63) is 59.8 Å². The molecule has 1 amide bonds. The number of fused-ring (bicyclic) bond motifs is 1. The largest absolute Gasteiger partial charge is 0.461 e. The van der Waals surface area contributed by atoms with Crippen molar-refractivity contribution in [2.24, 2.45) is 0 Å². The van der Waals surface area contributed by atoms with Crippen molar-refractivity contribution in [2.75, 3.05) is 49.5 Å². The zero-order valence-corrected chi connectivity index (χ0v) is 17.7. The quantitative estimate of drug-likeness (QED) is 0.573. The number of ether oxygens (including phenoxy) is 1. The van der Waals surface area contributed by atoms with Gasteiger partial charge in [0, 0.05) is 37.1 Å². The number of carbonyl (C=O) groups excluding carboxylic acids is 2. The Morgan fingerprint density at radius 3 is 2.56 bits per heavy atom. The molecule has 0 bridgehead atoms. The molecule has 0 spiro atoms. The number of anilines is 2. The van der Waals surface area contributed by atoms with Crippen LogP contribution in [0, 0.1) is 11.6 Å². The number of H-pyrrole nitrogens is 1. The molecular formula is C23H24F2N4O3. The lowest BCUT2D eigenvalue weighted by Crippen LogP contribution is -2.49. The Morgan fingerprint density at radius 2 is 1.84 bits per heavy atom. The van der Waals surface area contributed by atoms with Crippen molar-refractivity contribution >= 4 is 34.2 Å². The molecular weight excluding hydrogens is 418 g/mol. The zero-order valence-electron chi connectivity index (χ0n) is 17.7. The van der Waals surface area contributed by atoms with E-state index in [0.717, 1.165) is 0 Å². The first kappa shape index (κ1) is 21.8. The number of hydrogen-bond acceptors (Lipinski definition) is 5. The fraction of sp³-hybridized carbons (Fsp3) is 0.304. The van der Waals surface area contributed by atoms with E-state index in [1.165, 1.54) is 24.3 Å². The average Bonchev–Trinajstić information content (AvgIpc) is 3.12. The Balaban J connectivity index is 1.44. The van der Waals surface area contributed by atoms with Gasteiger partial charge in [-0.25, -0.2) is 13.6 Å². The van der Waals surface area contributed by atoms with Crippen molar-refractivity contribution in [1.82, 2.24) is 9.88 Å². The summed E-state index contributed by atoms with van der Waals surface area (Å²) in [5.74, 6) is -1.71. The SMILES string of the molecule is CCOC(=O)c1[nH]c2ccc(F)cc2c1NC(=O)CN1CCN(c2ccccc2F)CC1. The average molecular weight is 442 g/mol. The molecule has 0 atom stereocenters. The monoisotopic (exact) mass is 442 g/mol. The normalized spacial score (nSPS) is 14.5. The Labute approximate surface area is 183 Å². The van der Waals surface area contributed by atoms with Crippen LogP contribution in [0.2, 0.25) is 0 Å². The van der Waals surface area contributed by atoms with Gasteiger partial charge in [-0.1, -0.05) is 12.1 Å². The van der Waals surface area contributed by atoms with Gasteiger partial charge in [0.2, 0.25) is 5.91 Å². The van der Waals surface area contributed by atoms with Crippen molar-refractivity contribution < 1.29 is 23.1 Å². The summed E-state index contributed by atoms with van der Waals surface area (Å²) in [6.45, 7) is 4.27. The molecule has 4 rings (SSSR count). The summed E-state index contributed by atoms with van der Waals surface area (Å²) in [6.07, 6.45) is 0. The van der Waals surface area contributed by atoms with Crippen LogP contribution in [0.5, 0.6) is 0 Å². The van der Waals surface area contributed by atoms with E-state index in [4.69, 9.17) is 4.74 Å². The van der Waals surface area contributed by atoms with Crippen LogP contribution < -0.4 is 10.2 Å². The molecule has 0 unspecified atom stereocenters. The number of esters is 1. The van der Waals surface area contributed by atoms with E-state index in [-0.39, 0.29) is 36.3 Å². The van der Waals surface area contributed by atoms with Gasteiger partial charge >= 0.3 is 5.97 Å². The fourth-order valence-corrected chi connectivity index (χ4v) is 3.89. The molecule has 1 aliphatic heterocycles. The van der Waals surface area contributed by atoms with Gasteiger partial charge in [-0.15, -0.1) is 0 Å². The Bertz CT molecular complexity index is 1140. The minimum Gasteiger partial charge on any atom is -0.461 e. The number of piperazine rings is 1. The highest BCUT2D eigenvalue weighted by Gasteiger charge is 2.24. The third-order valence-corrected chi connectivity index (χ3v) is 5.44. The molecule has 3 aromatic rings. The molecule has 1 saturated heterocycles. The van der Waals surface area contributed by atoms with E-state index in [1.807, 2.05) is 9.80 Å². The maximum absolute atomic E-state index is 14.0. The van der Waals surface area contributed by atoms with E-state index in [2.05, 4.69) is 10.3 Å². The molecule has 9 heteroatoms. The molecule has 0 aliphatic carbocycles. The van der Waals surface area contributed by atoms with Gasteiger partial charge in [0.1, 0.15) is 17.3 Å². The number of aromatic nitrogens is 1. The van der Waals surface area contributed by atoms with Crippen LogP contribution in [0.15, 0.2) is 42.5 Å². The van der Waals surface area contributed by atoms with E-state index in [1.54, 1.807) is 25.1 Å². The van der Waals surface area contributed by atoms with Crippen molar-refractivity contribution in [1.29, 1.82) is 0 Å². The molecule has 168 valence electrons. The number of hydrogen-bond donors (Lipinski definition) is 2. The van der Waals surface area contributed by atoms with Crippen LogP contribution in [-0.2, 0) is 9.53 Å². The summed E-state index contributed by atoms with van der Waals surface area (Å²) in [7, 11) is 0. The summed E-state index contributed by atoms with van der Waals surface area (Å²) < 4.78 is 32.9. The molecule has 1 aromatic heterocycles. The number of aromatic amines is 1. The van der Waals surface area contributed by atoms with Gasteiger partial charge in [-0.05, 0) is 37.3 Å². The summed E-state index contributed by atoms with van der Waals surface area (Å²) in [6, 6.07) is 10.7. The third kappa shape index (κ3) is 4.57. The molecule has 1 fully saturated rings. The highest BCUT2D eigenvalue weighted by atomic mass is 19.1. The standard InChI is InChI=1S/C23H24F2N4O3/c1-2-32-23(31)22-21(16-13-15(24)7-8-18(16)26-22)27-20(30)14-28-9-11-29(12-10-28)19-6-4-3-5-17(19)25/h3-8,13,26H,2,9-12,14H2,1H3,(H,27,30). The second-order valence-electron chi connectivity index (χ2n) is 7.55. The van der Waals surface area contributed by atoms with E-state index >= 15 is 0 Å². The predicted octanol–water partition coefficient (Wildman–Crippen LogP) is 3.38. The predicted molar refractivity (Wildman–Crippen MR) is 118 cm³/mol. The minimum atomic E-state index is -0.627. The number of benzene rings is 2. The van der Waals surface area contributed by atoms with Gasteiger partial charge in [-0.3, -0.25) is 9.69 Å². The van der Waals surface area contributed by atoms with E-state index < -0.39 is 11.8 Å². The number of para-hydroxylation sites is 1. The Hall–Kier alpha value is -3.46. The van der Waals surface area contributed by atoms with Gasteiger partial charge in [-0.2, -0.15) is 0 Å². The van der Waals surface area contributed by atoms with E-state index in [9.17, 15) is 18.4 Å². The summed E-state index contributed by atoms with van der Waals surface area (Å²) in [5.41, 5.74) is 1.35. The van der Waals surface area contributed by atoms with Crippen molar-refractivity contribution in [2.45, 2.75) is 6.92 Å². The lowest BCUT2D eigenvalue weighted by Gasteiger charge is -2.35. The highest BCUT2D eigenvalue weighted by Crippen LogP contribution is 2.29. The fourth-order valence-electron chi connectivity index (χ4n) is 3.89. The second kappa shape index (κ2) is 9.35. The molecule has 0 saturated carbocycles. The molecule has 2 N–H and O–H groups in total. The smallest absolute Gasteiger partial charge is 0.356 e. The number of nitrogens with one attached hydrogen (secondary N) is 2. The van der Waals surface area contributed by atoms with Crippen LogP contribution in [0.4, 0.5) is 20.2 Å². The Morgan fingerprint density at radius 1 is 1.09 bits per heavy atom. The first-order valence-electron chi connectivity index (χ1n) is 10.5. The van der Waals surface area contributed by atoms with Gasteiger partial charge in [0.15, 0.2) is 0 Å². The van der Waals surface area contributed by atoms with Crippen LogP contribution in [0.3, 0.4) is 0 Å². The number of amides is 1. The first-order valence-corrected chi connectivity index (χ1v) is 10.5. The number of halogens is 2.